The standard InChI is InChI=1S/C21H30O5/c1-11(2)13-16(23)14-12(15(22)18(13)26-5)7-10-21(25)9-6-8-20(3,4)19(21)17(14)24/h11,19,22-23,25H,6-10H2,1-5H3. The van der Waals surface area contributed by atoms with Crippen LogP contribution < -0.4 is 4.74 Å². The minimum Gasteiger partial charge on any atom is -0.507 e. The number of rotatable bonds is 2. The van der Waals surface area contributed by atoms with E-state index in [1.807, 2.05) is 27.7 Å². The molecule has 2 aliphatic carbocycles. The number of aromatic hydroxyl groups is 2. The number of hydrogen-bond acceptors (Lipinski definition) is 5. The Bertz CT molecular complexity index is 750. The number of ketones is 1. The molecule has 3 rings (SSSR count). The van der Waals surface area contributed by atoms with E-state index in [0.717, 1.165) is 12.8 Å². The van der Waals surface area contributed by atoms with Crippen LogP contribution in [0, 0.1) is 11.3 Å². The summed E-state index contributed by atoms with van der Waals surface area (Å²) >= 11 is 0. The van der Waals surface area contributed by atoms with Gasteiger partial charge in [0, 0.05) is 11.1 Å². The first-order valence-electron chi connectivity index (χ1n) is 9.46. The number of phenolic OH excluding ortho intramolecular Hbond substituents is 2. The summed E-state index contributed by atoms with van der Waals surface area (Å²) in [5.74, 6) is -0.959. The number of carbonyl (C=O) groups is 1. The van der Waals surface area contributed by atoms with Crippen molar-refractivity contribution in [2.45, 2.75) is 71.3 Å². The highest BCUT2D eigenvalue weighted by atomic mass is 16.5. The molecule has 144 valence electrons. The number of methoxy groups -OCH3 is 1. The third-order valence-corrected chi connectivity index (χ3v) is 6.39. The number of Topliss-reactive ketones (excluding diaryl/α,β-unsaturated/α-hetero) is 1. The fourth-order valence-corrected chi connectivity index (χ4v) is 5.24. The summed E-state index contributed by atoms with van der Waals surface area (Å²) in [4.78, 5) is 13.6. The Morgan fingerprint density at radius 3 is 2.35 bits per heavy atom. The highest BCUT2D eigenvalue weighted by Crippen LogP contribution is 2.55. The second-order valence-electron chi connectivity index (χ2n) is 8.90. The van der Waals surface area contributed by atoms with E-state index in [4.69, 9.17) is 4.74 Å². The van der Waals surface area contributed by atoms with E-state index < -0.39 is 11.5 Å². The number of carbonyl (C=O) groups excluding carboxylic acids is 1. The molecule has 2 aliphatic rings. The molecular weight excluding hydrogens is 332 g/mol. The van der Waals surface area contributed by atoms with Gasteiger partial charge in [0.05, 0.1) is 24.2 Å². The van der Waals surface area contributed by atoms with Gasteiger partial charge in [0.25, 0.3) is 0 Å². The van der Waals surface area contributed by atoms with Gasteiger partial charge in [-0.2, -0.15) is 0 Å². The van der Waals surface area contributed by atoms with Crippen LogP contribution >= 0.6 is 0 Å². The lowest BCUT2D eigenvalue weighted by Gasteiger charge is -2.48. The molecule has 1 aromatic rings. The Balaban J connectivity index is 2.30. The van der Waals surface area contributed by atoms with Gasteiger partial charge in [-0.15, -0.1) is 0 Å². The van der Waals surface area contributed by atoms with E-state index in [-0.39, 0.29) is 39.9 Å². The molecule has 0 aliphatic heterocycles. The van der Waals surface area contributed by atoms with E-state index in [1.54, 1.807) is 0 Å². The van der Waals surface area contributed by atoms with Crippen LogP contribution in [-0.2, 0) is 6.42 Å². The van der Waals surface area contributed by atoms with E-state index >= 15 is 0 Å². The second-order valence-corrected chi connectivity index (χ2v) is 8.90. The molecule has 26 heavy (non-hydrogen) atoms. The minimum atomic E-state index is -1.11. The van der Waals surface area contributed by atoms with E-state index in [1.165, 1.54) is 7.11 Å². The van der Waals surface area contributed by atoms with Crippen molar-refractivity contribution in [3.05, 3.63) is 16.7 Å². The molecule has 0 amide bonds. The molecular formula is C21H30O5. The molecule has 0 heterocycles. The largest absolute Gasteiger partial charge is 0.507 e. The summed E-state index contributed by atoms with van der Waals surface area (Å²) in [5, 5.41) is 33.1. The minimum absolute atomic E-state index is 0.0857. The molecule has 0 bridgehead atoms. The smallest absolute Gasteiger partial charge is 0.173 e. The molecule has 0 saturated heterocycles. The molecule has 3 N–H and O–H groups in total. The molecule has 5 heteroatoms. The maximum absolute atomic E-state index is 13.6. The number of hydrogen-bond donors (Lipinski definition) is 3. The molecule has 0 radical (unpaired) electrons. The molecule has 1 aromatic carbocycles. The Labute approximate surface area is 155 Å². The summed E-state index contributed by atoms with van der Waals surface area (Å²) < 4.78 is 5.36. The lowest BCUT2D eigenvalue weighted by atomic mass is 9.59. The highest BCUT2D eigenvalue weighted by Gasteiger charge is 2.54. The summed E-state index contributed by atoms with van der Waals surface area (Å²) in [6.45, 7) is 7.78. The molecule has 1 fully saturated rings. The SMILES string of the molecule is COc1c(O)c2c(c(O)c1C(C)C)C(=O)C1C(C)(C)CCCC1(O)CC2. The lowest BCUT2D eigenvalue weighted by Crippen LogP contribution is -2.52. The number of ether oxygens (including phenoxy) is 1. The van der Waals surface area contributed by atoms with Gasteiger partial charge in [-0.1, -0.05) is 34.1 Å². The summed E-state index contributed by atoms with van der Waals surface area (Å²) in [6.07, 6.45) is 3.00. The molecule has 0 spiro atoms. The first-order valence-corrected chi connectivity index (χ1v) is 9.46. The van der Waals surface area contributed by atoms with Gasteiger partial charge < -0.3 is 20.1 Å². The Kier molecular flexibility index (Phi) is 4.50. The fourth-order valence-electron chi connectivity index (χ4n) is 5.24. The zero-order chi connectivity index (χ0) is 19.4. The maximum Gasteiger partial charge on any atom is 0.173 e. The van der Waals surface area contributed by atoms with Crippen molar-refractivity contribution in [2.24, 2.45) is 11.3 Å². The summed E-state index contributed by atoms with van der Waals surface area (Å²) in [7, 11) is 1.45. The van der Waals surface area contributed by atoms with Crippen molar-refractivity contribution >= 4 is 5.78 Å². The number of aliphatic hydroxyl groups is 1. The van der Waals surface area contributed by atoms with E-state index in [2.05, 4.69) is 0 Å². The highest BCUT2D eigenvalue weighted by molar-refractivity contribution is 6.04. The van der Waals surface area contributed by atoms with Crippen LogP contribution in [-0.4, -0.2) is 33.8 Å². The molecule has 0 aromatic heterocycles. The van der Waals surface area contributed by atoms with Crippen molar-refractivity contribution in [1.29, 1.82) is 0 Å². The number of fused-ring (bicyclic) bond motifs is 2. The predicted molar refractivity (Wildman–Crippen MR) is 99.1 cm³/mol. The number of phenols is 2. The zero-order valence-electron chi connectivity index (χ0n) is 16.3. The van der Waals surface area contributed by atoms with Crippen LogP contribution in [0.3, 0.4) is 0 Å². The normalized spacial score (nSPS) is 27.7. The lowest BCUT2D eigenvalue weighted by molar-refractivity contribution is -0.0870. The van der Waals surface area contributed by atoms with Gasteiger partial charge in [0.2, 0.25) is 0 Å². The van der Waals surface area contributed by atoms with Gasteiger partial charge >= 0.3 is 0 Å². The van der Waals surface area contributed by atoms with E-state index in [0.29, 0.717) is 30.4 Å². The first-order chi connectivity index (χ1) is 12.0. The quantitative estimate of drug-likeness (QED) is 0.694. The first kappa shape index (κ1) is 19.0. The van der Waals surface area contributed by atoms with Gasteiger partial charge in [-0.3, -0.25) is 4.79 Å². The molecule has 1 saturated carbocycles. The van der Waals surface area contributed by atoms with Crippen molar-refractivity contribution in [1.82, 2.24) is 0 Å². The van der Waals surface area contributed by atoms with E-state index in [9.17, 15) is 20.1 Å². The maximum atomic E-state index is 13.6. The van der Waals surface area contributed by atoms with Crippen molar-refractivity contribution < 1.29 is 24.9 Å². The van der Waals surface area contributed by atoms with Crippen LogP contribution in [0.15, 0.2) is 0 Å². The van der Waals surface area contributed by atoms with Crippen LogP contribution in [0.25, 0.3) is 0 Å². The second kappa shape index (κ2) is 6.15. The average Bonchev–Trinajstić information content (AvgIpc) is 2.64. The third-order valence-electron chi connectivity index (χ3n) is 6.39. The number of benzene rings is 1. The fraction of sp³-hybridized carbons (Fsp3) is 0.667. The van der Waals surface area contributed by atoms with Crippen LogP contribution in [0.1, 0.15) is 80.8 Å². The van der Waals surface area contributed by atoms with Gasteiger partial charge in [-0.25, -0.2) is 0 Å². The Morgan fingerprint density at radius 1 is 1.12 bits per heavy atom. The van der Waals surface area contributed by atoms with Gasteiger partial charge in [0.1, 0.15) is 5.75 Å². The van der Waals surface area contributed by atoms with Crippen molar-refractivity contribution in [3.8, 4) is 17.2 Å². The predicted octanol–water partition coefficient (Wildman–Crippen LogP) is 3.92. The van der Waals surface area contributed by atoms with Crippen molar-refractivity contribution in [3.63, 3.8) is 0 Å². The Morgan fingerprint density at radius 2 is 1.77 bits per heavy atom. The topological polar surface area (TPSA) is 87.0 Å². The molecule has 2 unspecified atom stereocenters. The van der Waals surface area contributed by atoms with Gasteiger partial charge in [0.15, 0.2) is 17.3 Å². The molecule has 5 nitrogen and oxygen atoms in total. The monoisotopic (exact) mass is 362 g/mol. The molecule has 2 atom stereocenters. The van der Waals surface area contributed by atoms with Crippen LogP contribution in [0.4, 0.5) is 0 Å². The zero-order valence-corrected chi connectivity index (χ0v) is 16.3. The Hall–Kier alpha value is -1.75. The van der Waals surface area contributed by atoms with Gasteiger partial charge in [-0.05, 0) is 37.0 Å². The summed E-state index contributed by atoms with van der Waals surface area (Å²) in [5.41, 5.74) is -0.473. The average molecular weight is 362 g/mol. The summed E-state index contributed by atoms with van der Waals surface area (Å²) in [6, 6.07) is 0. The van der Waals surface area contributed by atoms with Crippen LogP contribution in [0.2, 0.25) is 0 Å². The third kappa shape index (κ3) is 2.59. The van der Waals surface area contributed by atoms with Crippen LogP contribution in [0.5, 0.6) is 17.2 Å². The van der Waals surface area contributed by atoms with Crippen molar-refractivity contribution in [2.75, 3.05) is 7.11 Å².